The van der Waals surface area contributed by atoms with Crippen LogP contribution in [0.1, 0.15) is 36.1 Å². The maximum absolute atomic E-state index is 13.1. The van der Waals surface area contributed by atoms with Crippen molar-refractivity contribution in [3.8, 4) is 17.2 Å². The molecule has 1 fully saturated rings. The summed E-state index contributed by atoms with van der Waals surface area (Å²) in [5.41, 5.74) is 1.65. The number of carbonyl (C=O) groups is 2. The van der Waals surface area contributed by atoms with E-state index in [1.165, 1.54) is 11.0 Å². The number of methoxy groups -OCH3 is 2. The van der Waals surface area contributed by atoms with Gasteiger partial charge in [-0.2, -0.15) is 0 Å². The van der Waals surface area contributed by atoms with Gasteiger partial charge >= 0.3 is 0 Å². The molecule has 0 radical (unpaired) electrons. The highest BCUT2D eigenvalue weighted by Crippen LogP contribution is 2.42. The zero-order valence-electron chi connectivity index (χ0n) is 19.3. The number of ether oxygens (including phenoxy) is 3. The molecular formula is C25H29NO7. The summed E-state index contributed by atoms with van der Waals surface area (Å²) >= 11 is 0. The van der Waals surface area contributed by atoms with Crippen molar-refractivity contribution in [3.05, 3.63) is 58.7 Å². The molecule has 3 rings (SSSR count). The number of nitrogens with zero attached hydrogens (tertiary/aromatic N) is 1. The summed E-state index contributed by atoms with van der Waals surface area (Å²) < 4.78 is 15.8. The smallest absolute Gasteiger partial charge is 0.295 e. The van der Waals surface area contributed by atoms with Crippen molar-refractivity contribution in [2.45, 2.75) is 26.3 Å². The molecule has 1 saturated heterocycles. The molecule has 1 atom stereocenters. The minimum atomic E-state index is -0.844. The van der Waals surface area contributed by atoms with E-state index in [2.05, 4.69) is 0 Å². The first kappa shape index (κ1) is 24.1. The Labute approximate surface area is 193 Å². The lowest BCUT2D eigenvalue weighted by Crippen LogP contribution is -2.31. The number of aliphatic hydroxyl groups is 1. The second-order valence-corrected chi connectivity index (χ2v) is 7.68. The van der Waals surface area contributed by atoms with Crippen LogP contribution in [0, 0.1) is 6.92 Å². The normalized spacial score (nSPS) is 17.5. The van der Waals surface area contributed by atoms with Gasteiger partial charge in [0, 0.05) is 25.8 Å². The van der Waals surface area contributed by atoms with Crippen molar-refractivity contribution >= 4 is 17.4 Å². The van der Waals surface area contributed by atoms with Crippen LogP contribution in [0.3, 0.4) is 0 Å². The number of hydrogen-bond donors (Lipinski definition) is 2. The highest BCUT2D eigenvalue weighted by Gasteiger charge is 2.46. The van der Waals surface area contributed by atoms with E-state index >= 15 is 0 Å². The Hall–Kier alpha value is -3.52. The molecule has 1 heterocycles. The molecule has 0 aromatic heterocycles. The Kier molecular flexibility index (Phi) is 7.60. The van der Waals surface area contributed by atoms with Crippen LogP contribution in [-0.2, 0) is 14.3 Å². The third-order valence-corrected chi connectivity index (χ3v) is 5.58. The maximum atomic E-state index is 13.1. The summed E-state index contributed by atoms with van der Waals surface area (Å²) in [6, 6.07) is 8.89. The van der Waals surface area contributed by atoms with Crippen LogP contribution < -0.4 is 9.47 Å². The number of aliphatic hydroxyl groups excluding tert-OH is 1. The summed E-state index contributed by atoms with van der Waals surface area (Å²) in [4.78, 5) is 27.5. The number of Topliss-reactive ketones (excluding diaryl/α,β-unsaturated/α-hetero) is 1. The van der Waals surface area contributed by atoms with E-state index < -0.39 is 17.7 Å². The van der Waals surface area contributed by atoms with E-state index in [1.54, 1.807) is 58.4 Å². The fourth-order valence-electron chi connectivity index (χ4n) is 3.98. The lowest BCUT2D eigenvalue weighted by Gasteiger charge is -2.26. The first-order valence-electron chi connectivity index (χ1n) is 10.7. The Bertz CT molecular complexity index is 1080. The van der Waals surface area contributed by atoms with E-state index in [-0.39, 0.29) is 29.4 Å². The van der Waals surface area contributed by atoms with E-state index in [1.807, 2.05) is 0 Å². The fourth-order valence-corrected chi connectivity index (χ4v) is 3.98. The highest BCUT2D eigenvalue weighted by atomic mass is 16.5. The van der Waals surface area contributed by atoms with Crippen molar-refractivity contribution in [1.29, 1.82) is 0 Å². The monoisotopic (exact) mass is 455 g/mol. The number of benzene rings is 2. The molecule has 1 aliphatic heterocycles. The average Bonchev–Trinajstić information content (AvgIpc) is 3.05. The predicted molar refractivity (Wildman–Crippen MR) is 123 cm³/mol. The molecule has 33 heavy (non-hydrogen) atoms. The third-order valence-electron chi connectivity index (χ3n) is 5.58. The molecule has 0 bridgehead atoms. The number of rotatable bonds is 9. The van der Waals surface area contributed by atoms with E-state index in [0.29, 0.717) is 42.1 Å². The Balaban J connectivity index is 2.18. The summed E-state index contributed by atoms with van der Waals surface area (Å²) in [5, 5.41) is 21.4. The molecule has 1 amide bonds. The number of likely N-dealkylation sites (tertiary alicyclic amines) is 1. The van der Waals surface area contributed by atoms with Gasteiger partial charge in [-0.1, -0.05) is 6.07 Å². The lowest BCUT2D eigenvalue weighted by atomic mass is 9.93. The van der Waals surface area contributed by atoms with Gasteiger partial charge in [0.1, 0.15) is 11.5 Å². The third kappa shape index (κ3) is 4.80. The van der Waals surface area contributed by atoms with Crippen LogP contribution >= 0.6 is 0 Å². The summed E-state index contributed by atoms with van der Waals surface area (Å²) in [5.74, 6) is -0.939. The van der Waals surface area contributed by atoms with E-state index in [0.717, 1.165) is 0 Å². The van der Waals surface area contributed by atoms with Crippen LogP contribution in [0.4, 0.5) is 0 Å². The quantitative estimate of drug-likeness (QED) is 0.258. The largest absolute Gasteiger partial charge is 0.507 e. The van der Waals surface area contributed by atoms with Gasteiger partial charge < -0.3 is 29.3 Å². The van der Waals surface area contributed by atoms with Gasteiger partial charge in [0.2, 0.25) is 0 Å². The Morgan fingerprint density at radius 1 is 1.12 bits per heavy atom. The van der Waals surface area contributed by atoms with Gasteiger partial charge in [-0.15, -0.1) is 0 Å². The molecule has 0 spiro atoms. The van der Waals surface area contributed by atoms with E-state index in [9.17, 15) is 19.8 Å². The Morgan fingerprint density at radius 3 is 2.52 bits per heavy atom. The molecule has 0 aliphatic carbocycles. The molecule has 176 valence electrons. The molecule has 2 aromatic rings. The SMILES string of the molecule is CCOc1cc([C@H]2/C(=C(\O)c3ccc(OC)cc3C)C(=O)C(=O)N2CCCOC)ccc1O. The van der Waals surface area contributed by atoms with Gasteiger partial charge in [-0.25, -0.2) is 0 Å². The average molecular weight is 456 g/mol. The number of amides is 1. The number of phenolic OH excluding ortho intramolecular Hbond substituents is 1. The van der Waals surface area contributed by atoms with Crippen molar-refractivity contribution < 1.29 is 34.0 Å². The van der Waals surface area contributed by atoms with Crippen molar-refractivity contribution in [2.75, 3.05) is 34.0 Å². The van der Waals surface area contributed by atoms with Crippen molar-refractivity contribution in [2.24, 2.45) is 0 Å². The van der Waals surface area contributed by atoms with Crippen LogP contribution in [0.2, 0.25) is 0 Å². The second-order valence-electron chi connectivity index (χ2n) is 7.68. The van der Waals surface area contributed by atoms with Crippen LogP contribution in [0.25, 0.3) is 5.76 Å². The van der Waals surface area contributed by atoms with Crippen LogP contribution in [-0.4, -0.2) is 60.8 Å². The second kappa shape index (κ2) is 10.4. The maximum Gasteiger partial charge on any atom is 0.295 e. The number of ketones is 1. The summed E-state index contributed by atoms with van der Waals surface area (Å²) in [7, 11) is 3.10. The molecule has 0 saturated carbocycles. The molecule has 2 aromatic carbocycles. The van der Waals surface area contributed by atoms with Crippen LogP contribution in [0.15, 0.2) is 42.0 Å². The summed E-state index contributed by atoms with van der Waals surface area (Å²) in [6.07, 6.45) is 0.512. The van der Waals surface area contributed by atoms with Crippen molar-refractivity contribution in [3.63, 3.8) is 0 Å². The van der Waals surface area contributed by atoms with Gasteiger partial charge in [0.25, 0.3) is 11.7 Å². The van der Waals surface area contributed by atoms with Gasteiger partial charge in [-0.05, 0) is 61.7 Å². The first-order chi connectivity index (χ1) is 15.8. The fraction of sp³-hybridized carbons (Fsp3) is 0.360. The molecule has 2 N–H and O–H groups in total. The molecular weight excluding hydrogens is 426 g/mol. The Morgan fingerprint density at radius 2 is 1.88 bits per heavy atom. The molecule has 1 aliphatic rings. The van der Waals surface area contributed by atoms with Gasteiger partial charge in [0.15, 0.2) is 11.5 Å². The number of aryl methyl sites for hydroxylation is 1. The minimum Gasteiger partial charge on any atom is -0.507 e. The lowest BCUT2D eigenvalue weighted by molar-refractivity contribution is -0.140. The van der Waals surface area contributed by atoms with Gasteiger partial charge in [-0.3, -0.25) is 9.59 Å². The van der Waals surface area contributed by atoms with Gasteiger partial charge in [0.05, 0.1) is 25.3 Å². The highest BCUT2D eigenvalue weighted by molar-refractivity contribution is 6.46. The van der Waals surface area contributed by atoms with Crippen molar-refractivity contribution in [1.82, 2.24) is 4.90 Å². The number of aromatic hydroxyl groups is 1. The zero-order chi connectivity index (χ0) is 24.1. The number of hydrogen-bond acceptors (Lipinski definition) is 7. The number of carbonyl (C=O) groups excluding carboxylic acids is 2. The van der Waals surface area contributed by atoms with E-state index in [4.69, 9.17) is 14.2 Å². The summed E-state index contributed by atoms with van der Waals surface area (Å²) in [6.45, 7) is 4.57. The molecule has 0 unspecified atom stereocenters. The minimum absolute atomic E-state index is 0.0150. The molecule has 8 nitrogen and oxygen atoms in total. The topological polar surface area (TPSA) is 106 Å². The van der Waals surface area contributed by atoms with Crippen LogP contribution in [0.5, 0.6) is 17.2 Å². The molecule has 8 heteroatoms. The standard InChI is InChI=1S/C25H29NO7/c1-5-33-20-14-16(7-10-19(20)27)22-21(24(29)25(30)26(22)11-6-12-31-3)23(28)18-9-8-17(32-4)13-15(18)2/h7-10,13-14,22,27-28H,5-6,11-12H2,1-4H3/b23-21+/t22-/m0/s1. The zero-order valence-corrected chi connectivity index (χ0v) is 19.3. The predicted octanol–water partition coefficient (Wildman–Crippen LogP) is 3.57. The number of phenols is 1. The first-order valence-corrected chi connectivity index (χ1v) is 10.7.